The van der Waals surface area contributed by atoms with Crippen molar-refractivity contribution >= 4 is 29.3 Å². The third kappa shape index (κ3) is 6.34. The molecule has 1 aliphatic rings. The van der Waals surface area contributed by atoms with E-state index >= 15 is 0 Å². The number of nitrogens with two attached hydrogens (primary N) is 1. The van der Waals surface area contributed by atoms with Crippen molar-refractivity contribution in [2.24, 2.45) is 11.7 Å². The highest BCUT2D eigenvalue weighted by atomic mass is 32.2. The van der Waals surface area contributed by atoms with E-state index in [1.165, 1.54) is 0 Å². The molecule has 0 radical (unpaired) electrons. The van der Waals surface area contributed by atoms with Gasteiger partial charge in [0.25, 0.3) is 0 Å². The minimum atomic E-state index is -0.600. The number of carbonyl (C=O) groups is 2. The van der Waals surface area contributed by atoms with Gasteiger partial charge in [0, 0.05) is 36.8 Å². The molecule has 1 aliphatic heterocycles. The first-order valence-corrected chi connectivity index (χ1v) is 9.84. The molecule has 0 bridgehead atoms. The van der Waals surface area contributed by atoms with Gasteiger partial charge in [-0.1, -0.05) is 32.0 Å². The third-order valence-corrected chi connectivity index (χ3v) is 5.18. The number of nitrogens with zero attached hydrogens (tertiary/aromatic N) is 1. The number of para-hydroxylation sites is 1. The first-order chi connectivity index (χ1) is 12.0. The molecule has 7 heteroatoms. The van der Waals surface area contributed by atoms with Crippen LogP contribution in [0.1, 0.15) is 19.4 Å². The molecule has 25 heavy (non-hydrogen) atoms. The van der Waals surface area contributed by atoms with Crippen LogP contribution in [0.3, 0.4) is 0 Å². The van der Waals surface area contributed by atoms with Crippen molar-refractivity contribution in [2.45, 2.75) is 26.4 Å². The largest absolute Gasteiger partial charge is 0.346 e. The predicted molar refractivity (Wildman–Crippen MR) is 103 cm³/mol. The minimum Gasteiger partial charge on any atom is -0.346 e. The van der Waals surface area contributed by atoms with Crippen molar-refractivity contribution in [1.29, 1.82) is 0 Å². The molecule has 1 aromatic rings. The fraction of sp³-hybridized carbons (Fsp3) is 0.556. The Morgan fingerprint density at radius 3 is 2.60 bits per heavy atom. The van der Waals surface area contributed by atoms with Gasteiger partial charge < -0.3 is 16.4 Å². The molecular formula is C18H28N4O2S. The lowest BCUT2D eigenvalue weighted by atomic mass is 10.1. The van der Waals surface area contributed by atoms with Crippen molar-refractivity contribution in [1.82, 2.24) is 10.2 Å². The maximum Gasteiger partial charge on any atom is 0.243 e. The van der Waals surface area contributed by atoms with Gasteiger partial charge >= 0.3 is 0 Å². The molecule has 138 valence electrons. The Bertz CT molecular complexity index is 588. The number of hydrogen-bond acceptors (Lipinski definition) is 5. The first kappa shape index (κ1) is 19.8. The van der Waals surface area contributed by atoms with Crippen LogP contribution in [0, 0.1) is 5.92 Å². The molecule has 1 saturated heterocycles. The van der Waals surface area contributed by atoms with Crippen molar-refractivity contribution in [2.75, 3.05) is 36.5 Å². The zero-order valence-corrected chi connectivity index (χ0v) is 15.8. The average molecular weight is 365 g/mol. The highest BCUT2D eigenvalue weighted by Gasteiger charge is 2.18. The summed E-state index contributed by atoms with van der Waals surface area (Å²) in [5.74, 6) is 1.79. The average Bonchev–Trinajstić information content (AvgIpc) is 2.61. The lowest BCUT2D eigenvalue weighted by Gasteiger charge is -2.27. The van der Waals surface area contributed by atoms with Gasteiger partial charge in [-0.2, -0.15) is 11.8 Å². The highest BCUT2D eigenvalue weighted by molar-refractivity contribution is 7.99. The van der Waals surface area contributed by atoms with Gasteiger partial charge in [-0.15, -0.1) is 0 Å². The smallest absolute Gasteiger partial charge is 0.243 e. The number of carbonyl (C=O) groups excluding carboxylic acids is 2. The highest BCUT2D eigenvalue weighted by Crippen LogP contribution is 2.19. The van der Waals surface area contributed by atoms with Gasteiger partial charge in [0.1, 0.15) is 0 Å². The monoisotopic (exact) mass is 364 g/mol. The Morgan fingerprint density at radius 2 is 1.92 bits per heavy atom. The Hall–Kier alpha value is -1.57. The fourth-order valence-corrected chi connectivity index (χ4v) is 3.54. The number of anilines is 1. The first-order valence-electron chi connectivity index (χ1n) is 8.68. The number of rotatable bonds is 7. The van der Waals surface area contributed by atoms with E-state index in [2.05, 4.69) is 15.5 Å². The van der Waals surface area contributed by atoms with E-state index in [0.29, 0.717) is 0 Å². The van der Waals surface area contributed by atoms with Gasteiger partial charge in [-0.25, -0.2) is 0 Å². The molecule has 2 amide bonds. The SMILES string of the molecule is CC(C)[C@H](N)C(=O)NCC(=O)Nc1ccccc1CN1CCSCC1. The molecule has 0 unspecified atom stereocenters. The van der Waals surface area contributed by atoms with Crippen molar-refractivity contribution in [3.63, 3.8) is 0 Å². The number of benzene rings is 1. The molecule has 1 fully saturated rings. The summed E-state index contributed by atoms with van der Waals surface area (Å²) in [4.78, 5) is 26.4. The summed E-state index contributed by atoms with van der Waals surface area (Å²) in [5.41, 5.74) is 7.67. The number of amides is 2. The van der Waals surface area contributed by atoms with Crippen LogP contribution in [0.4, 0.5) is 5.69 Å². The standard InChI is InChI=1S/C18H28N4O2S/c1-13(2)17(19)18(24)20-11-16(23)21-15-6-4-3-5-14(15)12-22-7-9-25-10-8-22/h3-6,13,17H,7-12,19H2,1-2H3,(H,20,24)(H,21,23)/t17-/m0/s1. The maximum atomic E-state index is 12.2. The Morgan fingerprint density at radius 1 is 1.24 bits per heavy atom. The van der Waals surface area contributed by atoms with Crippen LogP contribution in [0.5, 0.6) is 0 Å². The molecule has 4 N–H and O–H groups in total. The molecule has 2 rings (SSSR count). The molecule has 0 aromatic heterocycles. The third-order valence-electron chi connectivity index (χ3n) is 4.23. The van der Waals surface area contributed by atoms with Gasteiger partial charge in [0.15, 0.2) is 0 Å². The van der Waals surface area contributed by atoms with Gasteiger partial charge in [-0.05, 0) is 17.5 Å². The second kappa shape index (κ2) is 9.79. The van der Waals surface area contributed by atoms with E-state index in [1.807, 2.05) is 49.9 Å². The summed E-state index contributed by atoms with van der Waals surface area (Å²) in [5, 5.41) is 5.49. The summed E-state index contributed by atoms with van der Waals surface area (Å²) in [6.45, 7) is 6.63. The van der Waals surface area contributed by atoms with Crippen LogP contribution in [-0.2, 0) is 16.1 Å². The lowest BCUT2D eigenvalue weighted by molar-refractivity contribution is -0.125. The van der Waals surface area contributed by atoms with Gasteiger partial charge in [-0.3, -0.25) is 14.5 Å². The molecular weight excluding hydrogens is 336 g/mol. The molecule has 1 aromatic carbocycles. The number of hydrogen-bond donors (Lipinski definition) is 3. The van der Waals surface area contributed by atoms with Crippen molar-refractivity contribution in [3.8, 4) is 0 Å². The summed E-state index contributed by atoms with van der Waals surface area (Å²) >= 11 is 1.98. The predicted octanol–water partition coefficient (Wildman–Crippen LogP) is 1.27. The molecule has 0 spiro atoms. The van der Waals surface area contributed by atoms with E-state index in [0.717, 1.165) is 42.4 Å². The summed E-state index contributed by atoms with van der Waals surface area (Å²) < 4.78 is 0. The zero-order valence-electron chi connectivity index (χ0n) is 15.0. The van der Waals surface area contributed by atoms with Crippen LogP contribution in [-0.4, -0.2) is 53.9 Å². The molecule has 1 heterocycles. The number of thioether (sulfide) groups is 1. The summed E-state index contributed by atoms with van der Waals surface area (Å²) in [7, 11) is 0. The van der Waals surface area contributed by atoms with Crippen LogP contribution in [0.25, 0.3) is 0 Å². The normalized spacial score (nSPS) is 16.5. The Kier molecular flexibility index (Phi) is 7.74. The summed E-state index contributed by atoms with van der Waals surface area (Å²) in [6, 6.07) is 7.21. The van der Waals surface area contributed by atoms with Gasteiger partial charge in [0.05, 0.1) is 12.6 Å². The fourth-order valence-electron chi connectivity index (χ4n) is 2.56. The minimum absolute atomic E-state index is 0.0338. The van der Waals surface area contributed by atoms with Crippen LogP contribution in [0.15, 0.2) is 24.3 Å². The molecule has 6 nitrogen and oxygen atoms in total. The second-order valence-electron chi connectivity index (χ2n) is 6.58. The Labute approximate surface area is 153 Å². The van der Waals surface area contributed by atoms with Crippen LogP contribution in [0.2, 0.25) is 0 Å². The maximum absolute atomic E-state index is 12.2. The van der Waals surface area contributed by atoms with Crippen molar-refractivity contribution in [3.05, 3.63) is 29.8 Å². The van der Waals surface area contributed by atoms with E-state index in [1.54, 1.807) is 0 Å². The van der Waals surface area contributed by atoms with E-state index in [4.69, 9.17) is 5.73 Å². The van der Waals surface area contributed by atoms with Crippen LogP contribution >= 0.6 is 11.8 Å². The summed E-state index contributed by atoms with van der Waals surface area (Å²) in [6.07, 6.45) is 0. The van der Waals surface area contributed by atoms with E-state index in [-0.39, 0.29) is 24.3 Å². The number of nitrogens with one attached hydrogen (secondary N) is 2. The van der Waals surface area contributed by atoms with E-state index in [9.17, 15) is 9.59 Å². The lowest BCUT2D eigenvalue weighted by Crippen LogP contribution is -2.46. The quantitative estimate of drug-likeness (QED) is 0.678. The van der Waals surface area contributed by atoms with Crippen molar-refractivity contribution < 1.29 is 9.59 Å². The van der Waals surface area contributed by atoms with E-state index < -0.39 is 6.04 Å². The Balaban J connectivity index is 1.88. The second-order valence-corrected chi connectivity index (χ2v) is 7.81. The molecule has 0 saturated carbocycles. The van der Waals surface area contributed by atoms with Gasteiger partial charge in [0.2, 0.25) is 11.8 Å². The molecule has 1 atom stereocenters. The zero-order chi connectivity index (χ0) is 18.2. The van der Waals surface area contributed by atoms with Crippen LogP contribution < -0.4 is 16.4 Å². The molecule has 0 aliphatic carbocycles. The topological polar surface area (TPSA) is 87.5 Å².